The topological polar surface area (TPSA) is 58.1 Å². The van der Waals surface area contributed by atoms with Crippen LogP contribution in [0, 0.1) is 5.82 Å². The highest BCUT2D eigenvalue weighted by Gasteiger charge is 2.21. The SMILES string of the molecule is CNc1ncnc2ccc(-c3cccc(CN(C(=O)c4ccccc4)c4ccccc4F)c3)cc12. The van der Waals surface area contributed by atoms with E-state index in [1.807, 2.05) is 55.6 Å². The van der Waals surface area contributed by atoms with Crippen LogP contribution in [0.15, 0.2) is 103 Å². The fraction of sp³-hybridized carbons (Fsp3) is 0.0690. The van der Waals surface area contributed by atoms with Gasteiger partial charge in [-0.05, 0) is 59.2 Å². The molecule has 0 saturated heterocycles. The number of nitrogens with zero attached hydrogens (tertiary/aromatic N) is 3. The molecule has 1 N–H and O–H groups in total. The van der Waals surface area contributed by atoms with E-state index in [0.29, 0.717) is 5.56 Å². The van der Waals surface area contributed by atoms with Gasteiger partial charge in [-0.2, -0.15) is 0 Å². The van der Waals surface area contributed by atoms with E-state index < -0.39 is 5.82 Å². The van der Waals surface area contributed by atoms with E-state index in [1.165, 1.54) is 17.3 Å². The van der Waals surface area contributed by atoms with Crippen molar-refractivity contribution in [2.45, 2.75) is 6.54 Å². The Balaban J connectivity index is 1.53. The Bertz CT molecular complexity index is 1500. The standard InChI is InChI=1S/C29H23FN4O/c1-31-28-24-17-23(14-15-26(24)32-19-33-28)22-11-7-8-20(16-22)18-34(27-13-6-5-12-25(27)30)29(35)21-9-3-2-4-10-21/h2-17,19H,18H2,1H3,(H,31,32,33). The van der Waals surface area contributed by atoms with Crippen molar-refractivity contribution < 1.29 is 9.18 Å². The maximum atomic E-state index is 14.8. The number of halogens is 1. The maximum absolute atomic E-state index is 14.8. The minimum atomic E-state index is -0.443. The quantitative estimate of drug-likeness (QED) is 0.321. The lowest BCUT2D eigenvalue weighted by Crippen LogP contribution is -2.31. The molecule has 0 atom stereocenters. The van der Waals surface area contributed by atoms with Crippen molar-refractivity contribution in [1.29, 1.82) is 0 Å². The van der Waals surface area contributed by atoms with Crippen LogP contribution >= 0.6 is 0 Å². The van der Waals surface area contributed by atoms with Crippen molar-refractivity contribution in [3.63, 3.8) is 0 Å². The Morgan fingerprint density at radius 3 is 2.43 bits per heavy atom. The molecule has 5 nitrogen and oxygen atoms in total. The molecule has 0 aliphatic rings. The van der Waals surface area contributed by atoms with Crippen LogP contribution < -0.4 is 10.2 Å². The summed E-state index contributed by atoms with van der Waals surface area (Å²) in [6.07, 6.45) is 1.54. The van der Waals surface area contributed by atoms with Gasteiger partial charge in [-0.3, -0.25) is 4.79 Å². The highest BCUT2D eigenvalue weighted by molar-refractivity contribution is 6.06. The predicted octanol–water partition coefficient (Wildman–Crippen LogP) is 6.32. The summed E-state index contributed by atoms with van der Waals surface area (Å²) in [6.45, 7) is 0.223. The van der Waals surface area contributed by atoms with Gasteiger partial charge in [0.05, 0.1) is 17.7 Å². The fourth-order valence-corrected chi connectivity index (χ4v) is 4.14. The molecule has 0 aliphatic carbocycles. The number of benzene rings is 4. The third-order valence-corrected chi connectivity index (χ3v) is 5.88. The first kappa shape index (κ1) is 22.2. The molecule has 0 radical (unpaired) electrons. The third-order valence-electron chi connectivity index (χ3n) is 5.88. The lowest BCUT2D eigenvalue weighted by Gasteiger charge is -2.24. The second-order valence-electron chi connectivity index (χ2n) is 8.11. The molecule has 0 aliphatic heterocycles. The largest absolute Gasteiger partial charge is 0.373 e. The van der Waals surface area contributed by atoms with Crippen molar-refractivity contribution >= 4 is 28.3 Å². The Morgan fingerprint density at radius 1 is 0.857 bits per heavy atom. The second kappa shape index (κ2) is 9.73. The van der Waals surface area contributed by atoms with Crippen molar-refractivity contribution in [3.8, 4) is 11.1 Å². The van der Waals surface area contributed by atoms with Gasteiger partial charge in [-0.15, -0.1) is 0 Å². The van der Waals surface area contributed by atoms with Crippen LogP contribution in [0.4, 0.5) is 15.9 Å². The fourth-order valence-electron chi connectivity index (χ4n) is 4.14. The van der Waals surface area contributed by atoms with Gasteiger partial charge in [0, 0.05) is 18.0 Å². The number of fused-ring (bicyclic) bond motifs is 1. The zero-order chi connectivity index (χ0) is 24.2. The van der Waals surface area contributed by atoms with Crippen molar-refractivity contribution in [1.82, 2.24) is 9.97 Å². The number of amides is 1. The van der Waals surface area contributed by atoms with Crippen LogP contribution in [0.2, 0.25) is 0 Å². The Kier molecular flexibility index (Phi) is 6.18. The molecule has 172 valence electrons. The normalized spacial score (nSPS) is 10.8. The second-order valence-corrected chi connectivity index (χ2v) is 8.11. The van der Waals surface area contributed by atoms with Crippen LogP contribution in [0.1, 0.15) is 15.9 Å². The molecule has 0 saturated carbocycles. The van der Waals surface area contributed by atoms with Crippen LogP contribution in [-0.4, -0.2) is 22.9 Å². The van der Waals surface area contributed by atoms with Gasteiger partial charge in [0.2, 0.25) is 0 Å². The van der Waals surface area contributed by atoms with Crippen molar-refractivity contribution in [2.24, 2.45) is 0 Å². The molecule has 0 fully saturated rings. The molecule has 1 aromatic heterocycles. The summed E-state index contributed by atoms with van der Waals surface area (Å²) in [5, 5.41) is 4.03. The first-order valence-corrected chi connectivity index (χ1v) is 11.3. The number of hydrogen-bond donors (Lipinski definition) is 1. The molecule has 35 heavy (non-hydrogen) atoms. The van der Waals surface area contributed by atoms with Crippen LogP contribution in [0.3, 0.4) is 0 Å². The van der Waals surface area contributed by atoms with E-state index in [4.69, 9.17) is 0 Å². The van der Waals surface area contributed by atoms with Crippen molar-refractivity contribution in [2.75, 3.05) is 17.3 Å². The van der Waals surface area contributed by atoms with Crippen molar-refractivity contribution in [3.05, 3.63) is 120 Å². The van der Waals surface area contributed by atoms with Crippen LogP contribution in [0.25, 0.3) is 22.0 Å². The molecule has 0 unspecified atom stereocenters. The molecule has 6 heteroatoms. The molecular weight excluding hydrogens is 439 g/mol. The van der Waals surface area contributed by atoms with E-state index in [0.717, 1.165) is 33.4 Å². The van der Waals surface area contributed by atoms with Gasteiger partial charge in [0.1, 0.15) is 18.0 Å². The number of para-hydroxylation sites is 1. The first-order valence-electron chi connectivity index (χ1n) is 11.3. The molecule has 5 rings (SSSR count). The third kappa shape index (κ3) is 4.59. The molecule has 1 heterocycles. The summed E-state index contributed by atoms with van der Waals surface area (Å²) < 4.78 is 14.8. The molecule has 4 aromatic carbocycles. The van der Waals surface area contributed by atoms with Crippen LogP contribution in [-0.2, 0) is 6.54 Å². The summed E-state index contributed by atoms with van der Waals surface area (Å²) in [6, 6.07) is 29.2. The highest BCUT2D eigenvalue weighted by Crippen LogP contribution is 2.29. The Labute approximate surface area is 202 Å². The lowest BCUT2D eigenvalue weighted by atomic mass is 10.0. The number of rotatable bonds is 6. The predicted molar refractivity (Wildman–Crippen MR) is 138 cm³/mol. The first-order chi connectivity index (χ1) is 17.1. The maximum Gasteiger partial charge on any atom is 0.258 e. The van der Waals surface area contributed by atoms with Gasteiger partial charge in [-0.1, -0.05) is 54.6 Å². The van der Waals surface area contributed by atoms with Gasteiger partial charge >= 0.3 is 0 Å². The monoisotopic (exact) mass is 462 g/mol. The number of aromatic nitrogens is 2. The number of carbonyl (C=O) groups is 1. The van der Waals surface area contributed by atoms with Crippen LogP contribution in [0.5, 0.6) is 0 Å². The van der Waals surface area contributed by atoms with E-state index in [2.05, 4.69) is 15.3 Å². The van der Waals surface area contributed by atoms with E-state index in [1.54, 1.807) is 42.5 Å². The summed E-state index contributed by atoms with van der Waals surface area (Å²) in [5.41, 5.74) is 4.46. The summed E-state index contributed by atoms with van der Waals surface area (Å²) in [4.78, 5) is 23.5. The number of hydrogen-bond acceptors (Lipinski definition) is 4. The number of carbonyl (C=O) groups excluding carboxylic acids is 1. The summed E-state index contributed by atoms with van der Waals surface area (Å²) in [5.74, 6) is 0.0527. The van der Waals surface area contributed by atoms with Gasteiger partial charge in [0.25, 0.3) is 5.91 Å². The number of anilines is 2. The Hall–Kier alpha value is -4.58. The Morgan fingerprint density at radius 2 is 1.63 bits per heavy atom. The van der Waals surface area contributed by atoms with E-state index in [9.17, 15) is 9.18 Å². The zero-order valence-electron chi connectivity index (χ0n) is 19.1. The average molecular weight is 463 g/mol. The highest BCUT2D eigenvalue weighted by atomic mass is 19.1. The molecule has 1 amide bonds. The van der Waals surface area contributed by atoms with Gasteiger partial charge in [-0.25, -0.2) is 14.4 Å². The molecule has 5 aromatic rings. The van der Waals surface area contributed by atoms with Gasteiger partial charge < -0.3 is 10.2 Å². The molecule has 0 spiro atoms. The van der Waals surface area contributed by atoms with E-state index in [-0.39, 0.29) is 18.1 Å². The lowest BCUT2D eigenvalue weighted by molar-refractivity contribution is 0.0984. The molecular formula is C29H23FN4O. The van der Waals surface area contributed by atoms with E-state index >= 15 is 0 Å². The minimum Gasteiger partial charge on any atom is -0.373 e. The summed E-state index contributed by atoms with van der Waals surface area (Å²) in [7, 11) is 1.83. The van der Waals surface area contributed by atoms with Gasteiger partial charge in [0.15, 0.2) is 0 Å². The number of nitrogens with one attached hydrogen (secondary N) is 1. The minimum absolute atomic E-state index is 0.223. The smallest absolute Gasteiger partial charge is 0.258 e. The zero-order valence-corrected chi connectivity index (χ0v) is 19.1. The molecule has 0 bridgehead atoms. The average Bonchev–Trinajstić information content (AvgIpc) is 2.92. The summed E-state index contributed by atoms with van der Waals surface area (Å²) >= 11 is 0.